The van der Waals surface area contributed by atoms with Gasteiger partial charge in [0.1, 0.15) is 5.76 Å². The highest BCUT2D eigenvalue weighted by atomic mass is 16.3. The van der Waals surface area contributed by atoms with Crippen LogP contribution in [0.1, 0.15) is 6.92 Å². The number of aryl methyl sites for hydroxylation is 1. The predicted octanol–water partition coefficient (Wildman–Crippen LogP) is 4.51. The first-order valence-corrected chi connectivity index (χ1v) is 8.78. The monoisotopic (exact) mass is 355 g/mol. The van der Waals surface area contributed by atoms with Gasteiger partial charge in [0.15, 0.2) is 11.4 Å². The first kappa shape index (κ1) is 15.6. The Bertz CT molecular complexity index is 1280. The molecule has 0 amide bonds. The number of furan rings is 1. The second-order valence-electron chi connectivity index (χ2n) is 6.40. The van der Waals surface area contributed by atoms with E-state index < -0.39 is 0 Å². The summed E-state index contributed by atoms with van der Waals surface area (Å²) in [6.45, 7) is 2.87. The average molecular weight is 355 g/mol. The van der Waals surface area contributed by atoms with Crippen LogP contribution in [-0.2, 0) is 6.54 Å². The lowest BCUT2D eigenvalue weighted by Crippen LogP contribution is -1.92. The number of pyridine rings is 2. The van der Waals surface area contributed by atoms with E-state index in [0.29, 0.717) is 11.4 Å². The minimum absolute atomic E-state index is 0.379. The molecule has 6 heteroatoms. The van der Waals surface area contributed by atoms with Crippen LogP contribution in [0.5, 0.6) is 0 Å². The van der Waals surface area contributed by atoms with Gasteiger partial charge in [-0.25, -0.2) is 4.98 Å². The second kappa shape index (κ2) is 5.95. The molecule has 5 aromatic rings. The molecule has 0 atom stereocenters. The smallest absolute Gasteiger partial charge is 0.177 e. The van der Waals surface area contributed by atoms with Crippen LogP contribution in [0.3, 0.4) is 0 Å². The van der Waals surface area contributed by atoms with E-state index in [0.717, 1.165) is 45.2 Å². The Hall–Kier alpha value is -3.67. The lowest BCUT2D eigenvalue weighted by Gasteiger charge is -2.02. The number of nitrogens with two attached hydrogens (primary N) is 1. The molecule has 0 saturated carbocycles. The maximum atomic E-state index is 6.15. The van der Waals surface area contributed by atoms with Gasteiger partial charge in [0.25, 0.3) is 0 Å². The highest BCUT2D eigenvalue weighted by Crippen LogP contribution is 2.38. The van der Waals surface area contributed by atoms with Crippen molar-refractivity contribution in [3.05, 3.63) is 61.3 Å². The fourth-order valence-corrected chi connectivity index (χ4v) is 3.42. The van der Waals surface area contributed by atoms with Gasteiger partial charge in [0.05, 0.1) is 6.20 Å². The number of benzene rings is 1. The Morgan fingerprint density at radius 1 is 1.07 bits per heavy atom. The van der Waals surface area contributed by atoms with E-state index >= 15 is 0 Å². The normalized spacial score (nSPS) is 11.4. The molecular weight excluding hydrogens is 338 g/mol. The van der Waals surface area contributed by atoms with Gasteiger partial charge in [0.2, 0.25) is 0 Å². The molecule has 0 fully saturated rings. The molecule has 27 heavy (non-hydrogen) atoms. The third-order valence-corrected chi connectivity index (χ3v) is 4.80. The number of rotatable bonds is 3. The van der Waals surface area contributed by atoms with Crippen molar-refractivity contribution < 1.29 is 4.42 Å². The van der Waals surface area contributed by atoms with Gasteiger partial charge in [-0.3, -0.25) is 9.67 Å². The third-order valence-electron chi connectivity index (χ3n) is 4.80. The van der Waals surface area contributed by atoms with E-state index in [1.165, 1.54) is 0 Å². The van der Waals surface area contributed by atoms with Gasteiger partial charge in [0, 0.05) is 58.8 Å². The van der Waals surface area contributed by atoms with Crippen LogP contribution < -0.4 is 5.73 Å². The lowest BCUT2D eigenvalue weighted by atomic mass is 10.0. The molecule has 132 valence electrons. The zero-order valence-corrected chi connectivity index (χ0v) is 14.8. The van der Waals surface area contributed by atoms with Crippen LogP contribution >= 0.6 is 0 Å². The van der Waals surface area contributed by atoms with Crippen molar-refractivity contribution in [1.29, 1.82) is 0 Å². The molecule has 0 spiro atoms. The molecular formula is C21H17N5O. The zero-order valence-electron chi connectivity index (χ0n) is 14.8. The summed E-state index contributed by atoms with van der Waals surface area (Å²) < 4.78 is 8.04. The van der Waals surface area contributed by atoms with E-state index in [4.69, 9.17) is 10.2 Å². The van der Waals surface area contributed by atoms with Crippen LogP contribution in [0, 0.1) is 0 Å². The Morgan fingerprint density at radius 3 is 2.85 bits per heavy atom. The maximum Gasteiger partial charge on any atom is 0.177 e. The van der Waals surface area contributed by atoms with Crippen molar-refractivity contribution in [3.63, 3.8) is 0 Å². The van der Waals surface area contributed by atoms with E-state index in [-0.39, 0.29) is 0 Å². The zero-order chi connectivity index (χ0) is 18.4. The van der Waals surface area contributed by atoms with Crippen LogP contribution in [0.15, 0.2) is 65.7 Å². The average Bonchev–Trinajstić information content (AvgIpc) is 3.36. The van der Waals surface area contributed by atoms with Crippen LogP contribution in [0.2, 0.25) is 0 Å². The largest absolute Gasteiger partial charge is 0.452 e. The van der Waals surface area contributed by atoms with Gasteiger partial charge >= 0.3 is 0 Å². The van der Waals surface area contributed by atoms with Gasteiger partial charge in [-0.15, -0.1) is 0 Å². The predicted molar refractivity (Wildman–Crippen MR) is 106 cm³/mol. The topological polar surface area (TPSA) is 82.8 Å². The van der Waals surface area contributed by atoms with Crippen molar-refractivity contribution in [2.75, 3.05) is 5.73 Å². The Labute approximate surface area is 155 Å². The highest BCUT2D eigenvalue weighted by molar-refractivity contribution is 6.03. The van der Waals surface area contributed by atoms with E-state index in [2.05, 4.69) is 22.0 Å². The number of fused-ring (bicyclic) bond motifs is 2. The number of nitrogens with zero attached hydrogens (tertiary/aromatic N) is 4. The molecule has 0 saturated heterocycles. The standard InChI is InChI=1S/C21H17N5O/c1-2-26-12-14(10-25-26)18-11-24-21(22)20-17(18)8-19(27-20)16-5-3-4-13-9-23-7-6-15(13)16/h3-12H,2H2,1H3,(H2,22,24). The number of nitrogen functional groups attached to an aromatic ring is 1. The summed E-state index contributed by atoms with van der Waals surface area (Å²) in [5.74, 6) is 1.13. The summed E-state index contributed by atoms with van der Waals surface area (Å²) in [5.41, 5.74) is 9.64. The minimum atomic E-state index is 0.379. The summed E-state index contributed by atoms with van der Waals surface area (Å²) in [4.78, 5) is 8.52. The molecule has 4 heterocycles. The quantitative estimate of drug-likeness (QED) is 0.515. The molecule has 0 radical (unpaired) electrons. The van der Waals surface area contributed by atoms with Gasteiger partial charge in [-0.05, 0) is 24.4 Å². The van der Waals surface area contributed by atoms with Crippen molar-refractivity contribution in [2.24, 2.45) is 0 Å². The summed E-state index contributed by atoms with van der Waals surface area (Å²) in [6, 6.07) is 10.1. The molecule has 2 N–H and O–H groups in total. The molecule has 0 bridgehead atoms. The number of hydrogen-bond donors (Lipinski definition) is 1. The number of anilines is 1. The molecule has 0 aliphatic heterocycles. The lowest BCUT2D eigenvalue weighted by molar-refractivity contribution is 0.632. The highest BCUT2D eigenvalue weighted by Gasteiger charge is 2.16. The summed E-state index contributed by atoms with van der Waals surface area (Å²) >= 11 is 0. The third kappa shape index (κ3) is 2.45. The molecule has 4 aromatic heterocycles. The molecule has 0 aliphatic rings. The first-order chi connectivity index (χ1) is 13.2. The summed E-state index contributed by atoms with van der Waals surface area (Å²) in [7, 11) is 0. The van der Waals surface area contributed by atoms with Gasteiger partial charge in [-0.1, -0.05) is 18.2 Å². The van der Waals surface area contributed by atoms with E-state index in [9.17, 15) is 0 Å². The fourth-order valence-electron chi connectivity index (χ4n) is 3.42. The van der Waals surface area contributed by atoms with Crippen molar-refractivity contribution in [3.8, 4) is 22.5 Å². The molecule has 0 aliphatic carbocycles. The Morgan fingerprint density at radius 2 is 2.00 bits per heavy atom. The molecule has 0 unspecified atom stereocenters. The molecule has 6 nitrogen and oxygen atoms in total. The van der Waals surface area contributed by atoms with Crippen molar-refractivity contribution >= 4 is 27.6 Å². The Balaban J connectivity index is 1.76. The van der Waals surface area contributed by atoms with Crippen molar-refractivity contribution in [1.82, 2.24) is 19.7 Å². The summed E-state index contributed by atoms with van der Waals surface area (Å²) in [5, 5.41) is 7.44. The van der Waals surface area contributed by atoms with E-state index in [1.54, 1.807) is 12.4 Å². The second-order valence-corrected chi connectivity index (χ2v) is 6.40. The Kier molecular flexibility index (Phi) is 3.43. The van der Waals surface area contributed by atoms with Gasteiger partial charge < -0.3 is 10.2 Å². The maximum absolute atomic E-state index is 6.15. The fraction of sp³-hybridized carbons (Fsp3) is 0.0952. The SMILES string of the molecule is CCn1cc(-c2cnc(N)c3oc(-c4cccc5cnccc45)cc23)cn1. The first-order valence-electron chi connectivity index (χ1n) is 8.78. The van der Waals surface area contributed by atoms with Crippen LogP contribution in [-0.4, -0.2) is 19.7 Å². The van der Waals surface area contributed by atoms with Crippen LogP contribution in [0.4, 0.5) is 5.82 Å². The number of aromatic nitrogens is 4. The van der Waals surface area contributed by atoms with Crippen LogP contribution in [0.25, 0.3) is 44.2 Å². The van der Waals surface area contributed by atoms with Crippen molar-refractivity contribution in [2.45, 2.75) is 13.5 Å². The molecule has 1 aromatic carbocycles. The molecule has 5 rings (SSSR count). The van der Waals surface area contributed by atoms with Gasteiger partial charge in [-0.2, -0.15) is 5.10 Å². The van der Waals surface area contributed by atoms with E-state index in [1.807, 2.05) is 53.6 Å². The summed E-state index contributed by atoms with van der Waals surface area (Å²) in [6.07, 6.45) is 9.26. The number of hydrogen-bond acceptors (Lipinski definition) is 5. The minimum Gasteiger partial charge on any atom is -0.452 e.